The predicted octanol–water partition coefficient (Wildman–Crippen LogP) is 8.64. The summed E-state index contributed by atoms with van der Waals surface area (Å²) in [7, 11) is 0. The summed E-state index contributed by atoms with van der Waals surface area (Å²) in [5.74, 6) is 0.899. The Hall–Kier alpha value is -1.60. The Labute approximate surface area is 194 Å². The highest BCUT2D eigenvalue weighted by Crippen LogP contribution is 2.31. The van der Waals surface area contributed by atoms with Gasteiger partial charge in [-0.3, -0.25) is 0 Å². The molecule has 1 nitrogen and oxygen atoms in total. The van der Waals surface area contributed by atoms with Crippen LogP contribution in [0.1, 0.15) is 89.5 Å². The van der Waals surface area contributed by atoms with Crippen molar-refractivity contribution in [1.29, 1.82) is 0 Å². The number of unbranched alkanes of at least 4 members (excludes halogenated alkanes) is 1. The molecule has 1 saturated heterocycles. The van der Waals surface area contributed by atoms with E-state index >= 15 is 0 Å². The molecule has 174 valence electrons. The highest BCUT2D eigenvalue weighted by Gasteiger charge is 2.17. The van der Waals surface area contributed by atoms with Crippen molar-refractivity contribution in [2.45, 2.75) is 93.9 Å². The average molecular weight is 424 g/mol. The van der Waals surface area contributed by atoms with E-state index in [9.17, 15) is 0 Å². The molecule has 1 heteroatoms. The van der Waals surface area contributed by atoms with Crippen LogP contribution in [0.4, 0.5) is 0 Å². The molecule has 31 heavy (non-hydrogen) atoms. The molecule has 0 aromatic heterocycles. The first-order valence-electron chi connectivity index (χ1n) is 12.4. The van der Waals surface area contributed by atoms with Gasteiger partial charge in [-0.05, 0) is 98.3 Å². The van der Waals surface area contributed by atoms with E-state index in [0.717, 1.165) is 5.92 Å². The number of hydrogen-bond donors (Lipinski definition) is 0. The maximum atomic E-state index is 2.65. The fraction of sp³-hybridized carbons (Fsp3) is 0.600. The first-order valence-corrected chi connectivity index (χ1v) is 12.4. The average Bonchev–Trinajstić information content (AvgIpc) is 3.14. The molecule has 2 aromatic rings. The molecule has 0 radical (unpaired) electrons. The first kappa shape index (κ1) is 27.4. The van der Waals surface area contributed by atoms with Gasteiger partial charge in [-0.15, -0.1) is 0 Å². The number of rotatable bonds is 8. The summed E-state index contributed by atoms with van der Waals surface area (Å²) in [6.07, 6.45) is 8.84. The predicted molar refractivity (Wildman–Crippen MR) is 141 cm³/mol. The topological polar surface area (TPSA) is 3.24 Å². The van der Waals surface area contributed by atoms with Gasteiger partial charge >= 0.3 is 0 Å². The summed E-state index contributed by atoms with van der Waals surface area (Å²) in [5, 5.41) is 0. The van der Waals surface area contributed by atoms with Crippen molar-refractivity contribution in [3.8, 4) is 11.1 Å². The second-order valence-electron chi connectivity index (χ2n) is 9.29. The van der Waals surface area contributed by atoms with Gasteiger partial charge in [-0.2, -0.15) is 0 Å². The highest BCUT2D eigenvalue weighted by atomic mass is 15.1. The van der Waals surface area contributed by atoms with Crippen LogP contribution in [0.2, 0.25) is 0 Å². The first-order chi connectivity index (χ1) is 14.5. The molecule has 0 N–H and O–H groups in total. The Morgan fingerprint density at radius 3 is 1.87 bits per heavy atom. The van der Waals surface area contributed by atoms with E-state index in [-0.39, 0.29) is 7.43 Å². The van der Waals surface area contributed by atoms with Crippen molar-refractivity contribution in [1.82, 2.24) is 4.90 Å². The SMILES string of the molecule is C.CCC.CCCc1cccc(-c2cccc(CCCCN3CCC(C)C3)c2C)c1C. The largest absolute Gasteiger partial charge is 0.303 e. The van der Waals surface area contributed by atoms with E-state index in [4.69, 9.17) is 0 Å². The zero-order valence-corrected chi connectivity index (χ0v) is 20.6. The second-order valence-corrected chi connectivity index (χ2v) is 9.29. The molecule has 0 bridgehead atoms. The zero-order chi connectivity index (χ0) is 21.9. The molecule has 1 aliphatic rings. The standard InChI is InChI=1S/C26H37N.C3H8.CH4/c1-5-10-23-12-8-14-25(21(23)3)26-15-9-13-24(22(26)4)11-6-7-17-27-18-16-20(2)19-27;1-3-2;/h8-9,12-15,20H,5-7,10-11,16-19H2,1-4H3;3H2,1-2H3;1H4. The van der Waals surface area contributed by atoms with Crippen molar-refractivity contribution < 1.29 is 0 Å². The normalized spacial score (nSPS) is 15.9. The Bertz CT molecular complexity index is 761. The summed E-state index contributed by atoms with van der Waals surface area (Å²) >= 11 is 0. The van der Waals surface area contributed by atoms with Crippen LogP contribution in [0.25, 0.3) is 11.1 Å². The molecule has 1 fully saturated rings. The molecule has 0 amide bonds. The summed E-state index contributed by atoms with van der Waals surface area (Å²) in [6.45, 7) is 17.4. The van der Waals surface area contributed by atoms with Crippen LogP contribution in [-0.4, -0.2) is 24.5 Å². The lowest BCUT2D eigenvalue weighted by atomic mass is 9.89. The summed E-state index contributed by atoms with van der Waals surface area (Å²) in [6, 6.07) is 13.7. The Kier molecular flexibility index (Phi) is 12.8. The minimum Gasteiger partial charge on any atom is -0.303 e. The van der Waals surface area contributed by atoms with Crippen molar-refractivity contribution in [2.75, 3.05) is 19.6 Å². The molecular weight excluding hydrogens is 374 g/mol. The van der Waals surface area contributed by atoms with Gasteiger partial charge in [0.15, 0.2) is 0 Å². The number of benzene rings is 2. The van der Waals surface area contributed by atoms with Crippen LogP contribution in [0.3, 0.4) is 0 Å². The molecule has 1 unspecified atom stereocenters. The zero-order valence-electron chi connectivity index (χ0n) is 20.6. The monoisotopic (exact) mass is 423 g/mol. The van der Waals surface area contributed by atoms with Crippen molar-refractivity contribution in [3.05, 3.63) is 58.7 Å². The van der Waals surface area contributed by atoms with Crippen molar-refractivity contribution in [3.63, 3.8) is 0 Å². The van der Waals surface area contributed by atoms with E-state index < -0.39 is 0 Å². The van der Waals surface area contributed by atoms with Gasteiger partial charge in [-0.25, -0.2) is 0 Å². The molecule has 0 aliphatic carbocycles. The van der Waals surface area contributed by atoms with Crippen LogP contribution < -0.4 is 0 Å². The van der Waals surface area contributed by atoms with E-state index in [2.05, 4.69) is 82.8 Å². The molecule has 0 saturated carbocycles. The fourth-order valence-electron chi connectivity index (χ4n) is 4.64. The van der Waals surface area contributed by atoms with E-state index in [0.29, 0.717) is 0 Å². The maximum Gasteiger partial charge on any atom is 0.000750 e. The Morgan fingerprint density at radius 2 is 1.39 bits per heavy atom. The molecule has 1 heterocycles. The molecule has 0 spiro atoms. The smallest absolute Gasteiger partial charge is 0.000750 e. The minimum absolute atomic E-state index is 0. The molecule has 2 aromatic carbocycles. The van der Waals surface area contributed by atoms with Gasteiger partial charge in [0.05, 0.1) is 0 Å². The molecule has 1 aliphatic heterocycles. The number of aryl methyl sites for hydroxylation is 2. The lowest BCUT2D eigenvalue weighted by Gasteiger charge is -2.17. The number of hydrogen-bond acceptors (Lipinski definition) is 1. The molecule has 3 rings (SSSR count). The van der Waals surface area contributed by atoms with Crippen LogP contribution in [0.5, 0.6) is 0 Å². The van der Waals surface area contributed by atoms with Crippen LogP contribution in [0, 0.1) is 19.8 Å². The second kappa shape index (κ2) is 14.5. The maximum absolute atomic E-state index is 2.65. The van der Waals surface area contributed by atoms with Crippen LogP contribution in [-0.2, 0) is 12.8 Å². The van der Waals surface area contributed by atoms with Crippen LogP contribution in [0.15, 0.2) is 36.4 Å². The summed E-state index contributed by atoms with van der Waals surface area (Å²) in [4.78, 5) is 2.65. The quantitative estimate of drug-likeness (QED) is 0.384. The third kappa shape index (κ3) is 8.11. The van der Waals surface area contributed by atoms with Gasteiger partial charge in [0.25, 0.3) is 0 Å². The molecule has 1 atom stereocenters. The summed E-state index contributed by atoms with van der Waals surface area (Å²) in [5.41, 5.74) is 8.82. The van der Waals surface area contributed by atoms with Crippen molar-refractivity contribution in [2.24, 2.45) is 5.92 Å². The summed E-state index contributed by atoms with van der Waals surface area (Å²) < 4.78 is 0. The van der Waals surface area contributed by atoms with Gasteiger partial charge < -0.3 is 4.90 Å². The van der Waals surface area contributed by atoms with Gasteiger partial charge in [0.1, 0.15) is 0 Å². The third-order valence-corrected chi connectivity index (χ3v) is 6.38. The minimum atomic E-state index is 0. The van der Waals surface area contributed by atoms with Gasteiger partial charge in [0.2, 0.25) is 0 Å². The van der Waals surface area contributed by atoms with E-state index in [1.54, 1.807) is 0 Å². The molecular formula is C30H49N. The van der Waals surface area contributed by atoms with Gasteiger partial charge in [0, 0.05) is 6.54 Å². The Morgan fingerprint density at radius 1 is 0.839 bits per heavy atom. The highest BCUT2D eigenvalue weighted by molar-refractivity contribution is 5.72. The van der Waals surface area contributed by atoms with Crippen molar-refractivity contribution >= 4 is 0 Å². The lowest BCUT2D eigenvalue weighted by molar-refractivity contribution is 0.320. The van der Waals surface area contributed by atoms with E-state index in [1.165, 1.54) is 98.0 Å². The number of likely N-dealkylation sites (tertiary alicyclic amines) is 1. The lowest BCUT2D eigenvalue weighted by Crippen LogP contribution is -2.21. The third-order valence-electron chi connectivity index (χ3n) is 6.38. The van der Waals surface area contributed by atoms with E-state index in [1.807, 2.05) is 0 Å². The van der Waals surface area contributed by atoms with Crippen LogP contribution >= 0.6 is 0 Å². The fourth-order valence-corrected chi connectivity index (χ4v) is 4.64. The number of nitrogens with zero attached hydrogens (tertiary/aromatic N) is 1. The Balaban J connectivity index is 0.00000113. The van der Waals surface area contributed by atoms with Gasteiger partial charge in [-0.1, -0.05) is 84.4 Å².